The molecule has 0 saturated heterocycles. The molecule has 0 fully saturated rings. The van der Waals surface area contributed by atoms with Gasteiger partial charge in [-0.05, 0) is 33.0 Å². The molecule has 0 bridgehead atoms. The van der Waals surface area contributed by atoms with Crippen molar-refractivity contribution in [2.45, 2.75) is 20.5 Å². The Hall–Kier alpha value is -2.34. The van der Waals surface area contributed by atoms with Crippen molar-refractivity contribution < 1.29 is 14.1 Å². The van der Waals surface area contributed by atoms with Crippen LogP contribution < -0.4 is 15.4 Å². The molecular formula is C16H21N3O3. The summed E-state index contributed by atoms with van der Waals surface area (Å²) in [5.41, 5.74) is 2.23. The van der Waals surface area contributed by atoms with E-state index in [-0.39, 0.29) is 5.91 Å². The number of para-hydroxylation sites is 1. The quantitative estimate of drug-likeness (QED) is 0.763. The van der Waals surface area contributed by atoms with E-state index in [1.54, 1.807) is 12.1 Å². The van der Waals surface area contributed by atoms with E-state index in [9.17, 15) is 4.79 Å². The summed E-state index contributed by atoms with van der Waals surface area (Å²) in [4.78, 5) is 12.2. The molecule has 6 nitrogen and oxygen atoms in total. The molecule has 1 aromatic heterocycles. The van der Waals surface area contributed by atoms with E-state index in [0.29, 0.717) is 31.0 Å². The Bertz CT molecular complexity index is 618. The molecule has 0 unspecified atom stereocenters. The lowest BCUT2D eigenvalue weighted by atomic mass is 10.2. The van der Waals surface area contributed by atoms with Gasteiger partial charge in [-0.15, -0.1) is 0 Å². The molecular weight excluding hydrogens is 282 g/mol. The highest BCUT2D eigenvalue weighted by molar-refractivity contribution is 5.96. The SMILES string of the molecule is CNCCNC(=O)c1ccccc1OCc1c(C)noc1C. The Morgan fingerprint density at radius 1 is 1.27 bits per heavy atom. The minimum absolute atomic E-state index is 0.149. The first-order valence-electron chi connectivity index (χ1n) is 7.20. The van der Waals surface area contributed by atoms with E-state index in [1.807, 2.05) is 33.0 Å². The van der Waals surface area contributed by atoms with Crippen LogP contribution in [0, 0.1) is 13.8 Å². The predicted octanol–water partition coefficient (Wildman–Crippen LogP) is 1.82. The third-order valence-electron chi connectivity index (χ3n) is 3.35. The molecule has 0 spiro atoms. The van der Waals surface area contributed by atoms with E-state index < -0.39 is 0 Å². The Balaban J connectivity index is 2.06. The van der Waals surface area contributed by atoms with Gasteiger partial charge in [0.05, 0.1) is 16.8 Å². The number of aryl methyl sites for hydroxylation is 2. The number of rotatable bonds is 7. The number of benzene rings is 1. The van der Waals surface area contributed by atoms with Gasteiger partial charge in [-0.2, -0.15) is 0 Å². The molecule has 0 aliphatic rings. The molecule has 0 saturated carbocycles. The van der Waals surface area contributed by atoms with Crippen molar-refractivity contribution in [2.24, 2.45) is 0 Å². The first-order valence-corrected chi connectivity index (χ1v) is 7.20. The lowest BCUT2D eigenvalue weighted by Crippen LogP contribution is -2.30. The van der Waals surface area contributed by atoms with Crippen LogP contribution in [0.4, 0.5) is 0 Å². The molecule has 1 aromatic carbocycles. The summed E-state index contributed by atoms with van der Waals surface area (Å²) in [6.45, 7) is 5.31. The monoisotopic (exact) mass is 303 g/mol. The van der Waals surface area contributed by atoms with E-state index in [4.69, 9.17) is 9.26 Å². The van der Waals surface area contributed by atoms with Crippen LogP contribution in [0.15, 0.2) is 28.8 Å². The number of nitrogens with one attached hydrogen (secondary N) is 2. The van der Waals surface area contributed by atoms with Crippen LogP contribution in [0.3, 0.4) is 0 Å². The second kappa shape index (κ2) is 7.61. The summed E-state index contributed by atoms with van der Waals surface area (Å²) in [5.74, 6) is 1.13. The van der Waals surface area contributed by atoms with Crippen molar-refractivity contribution in [3.63, 3.8) is 0 Å². The van der Waals surface area contributed by atoms with Gasteiger partial charge in [-0.3, -0.25) is 4.79 Å². The van der Waals surface area contributed by atoms with Gasteiger partial charge in [-0.25, -0.2) is 0 Å². The van der Waals surface area contributed by atoms with Gasteiger partial charge < -0.3 is 19.9 Å². The maximum Gasteiger partial charge on any atom is 0.255 e. The van der Waals surface area contributed by atoms with Crippen LogP contribution in [-0.4, -0.2) is 31.2 Å². The van der Waals surface area contributed by atoms with E-state index >= 15 is 0 Å². The highest BCUT2D eigenvalue weighted by Crippen LogP contribution is 2.21. The largest absolute Gasteiger partial charge is 0.488 e. The van der Waals surface area contributed by atoms with Crippen molar-refractivity contribution in [3.05, 3.63) is 46.8 Å². The Morgan fingerprint density at radius 2 is 2.05 bits per heavy atom. The van der Waals surface area contributed by atoms with Crippen molar-refractivity contribution in [1.82, 2.24) is 15.8 Å². The normalized spacial score (nSPS) is 10.5. The van der Waals surface area contributed by atoms with Crippen LogP contribution in [0.2, 0.25) is 0 Å². The molecule has 0 aliphatic heterocycles. The van der Waals surface area contributed by atoms with Crippen molar-refractivity contribution >= 4 is 5.91 Å². The fourth-order valence-electron chi connectivity index (χ4n) is 2.03. The zero-order valence-electron chi connectivity index (χ0n) is 13.1. The van der Waals surface area contributed by atoms with Crippen molar-refractivity contribution in [2.75, 3.05) is 20.1 Å². The smallest absolute Gasteiger partial charge is 0.255 e. The van der Waals surface area contributed by atoms with Crippen LogP contribution >= 0.6 is 0 Å². The number of ether oxygens (including phenoxy) is 1. The fourth-order valence-corrected chi connectivity index (χ4v) is 2.03. The zero-order valence-corrected chi connectivity index (χ0v) is 13.1. The highest BCUT2D eigenvalue weighted by Gasteiger charge is 2.14. The third kappa shape index (κ3) is 3.85. The lowest BCUT2D eigenvalue weighted by molar-refractivity contribution is 0.0949. The molecule has 118 valence electrons. The second-order valence-electron chi connectivity index (χ2n) is 4.95. The topological polar surface area (TPSA) is 76.4 Å². The number of carbonyl (C=O) groups excluding carboxylic acids is 1. The van der Waals surface area contributed by atoms with E-state index in [0.717, 1.165) is 17.0 Å². The number of hydrogen-bond acceptors (Lipinski definition) is 5. The lowest BCUT2D eigenvalue weighted by Gasteiger charge is -2.11. The summed E-state index contributed by atoms with van der Waals surface area (Å²) in [6, 6.07) is 7.19. The summed E-state index contributed by atoms with van der Waals surface area (Å²) >= 11 is 0. The van der Waals surface area contributed by atoms with Crippen molar-refractivity contribution in [1.29, 1.82) is 0 Å². The standard InChI is InChI=1S/C16H21N3O3/c1-11-14(12(2)22-19-11)10-21-15-7-5-4-6-13(15)16(20)18-9-8-17-3/h4-7,17H,8-10H2,1-3H3,(H,18,20). The number of amides is 1. The Kier molecular flexibility index (Phi) is 5.55. The maximum absolute atomic E-state index is 12.2. The summed E-state index contributed by atoms with van der Waals surface area (Å²) in [5, 5.41) is 9.72. The number of hydrogen-bond donors (Lipinski definition) is 2. The molecule has 0 aliphatic carbocycles. The van der Waals surface area contributed by atoms with E-state index in [2.05, 4.69) is 15.8 Å². The first-order chi connectivity index (χ1) is 10.6. The minimum atomic E-state index is -0.149. The molecule has 22 heavy (non-hydrogen) atoms. The van der Waals surface area contributed by atoms with Crippen LogP contribution in [0.25, 0.3) is 0 Å². The van der Waals surface area contributed by atoms with Gasteiger partial charge in [0, 0.05) is 13.1 Å². The van der Waals surface area contributed by atoms with Gasteiger partial charge in [0.2, 0.25) is 0 Å². The molecule has 1 heterocycles. The van der Waals surface area contributed by atoms with Gasteiger partial charge >= 0.3 is 0 Å². The fraction of sp³-hybridized carbons (Fsp3) is 0.375. The third-order valence-corrected chi connectivity index (χ3v) is 3.35. The molecule has 2 rings (SSSR count). The molecule has 0 atom stereocenters. The van der Waals surface area contributed by atoms with Crippen LogP contribution in [0.5, 0.6) is 5.75 Å². The number of aromatic nitrogens is 1. The van der Waals surface area contributed by atoms with E-state index in [1.165, 1.54) is 0 Å². The average Bonchev–Trinajstić information content (AvgIpc) is 2.84. The maximum atomic E-state index is 12.2. The highest BCUT2D eigenvalue weighted by atomic mass is 16.5. The Morgan fingerprint density at radius 3 is 2.73 bits per heavy atom. The molecule has 6 heteroatoms. The van der Waals surface area contributed by atoms with Gasteiger partial charge in [0.1, 0.15) is 18.1 Å². The predicted molar refractivity (Wildman–Crippen MR) is 83.0 cm³/mol. The number of likely N-dealkylation sites (N-methyl/N-ethyl adjacent to an activating group) is 1. The van der Waals surface area contributed by atoms with Gasteiger partial charge in [-0.1, -0.05) is 17.3 Å². The molecule has 2 aromatic rings. The Labute approximate surface area is 129 Å². The molecule has 2 N–H and O–H groups in total. The summed E-state index contributed by atoms with van der Waals surface area (Å²) in [6.07, 6.45) is 0. The zero-order chi connectivity index (χ0) is 15.9. The summed E-state index contributed by atoms with van der Waals surface area (Å²) < 4.78 is 10.9. The molecule has 0 radical (unpaired) electrons. The average molecular weight is 303 g/mol. The minimum Gasteiger partial charge on any atom is -0.488 e. The van der Waals surface area contributed by atoms with Crippen LogP contribution in [0.1, 0.15) is 27.4 Å². The number of nitrogens with zero attached hydrogens (tertiary/aromatic N) is 1. The first kappa shape index (κ1) is 16.0. The summed E-state index contributed by atoms with van der Waals surface area (Å²) in [7, 11) is 1.84. The van der Waals surface area contributed by atoms with Crippen LogP contribution in [-0.2, 0) is 6.61 Å². The molecule has 1 amide bonds. The second-order valence-corrected chi connectivity index (χ2v) is 4.95. The van der Waals surface area contributed by atoms with Crippen molar-refractivity contribution in [3.8, 4) is 5.75 Å². The number of carbonyl (C=O) groups is 1. The van der Waals surface area contributed by atoms with Gasteiger partial charge in [0.15, 0.2) is 0 Å². The van der Waals surface area contributed by atoms with Gasteiger partial charge in [0.25, 0.3) is 5.91 Å².